The second-order valence-electron chi connectivity index (χ2n) is 14.9. The summed E-state index contributed by atoms with van der Waals surface area (Å²) >= 11 is 0. The summed E-state index contributed by atoms with van der Waals surface area (Å²) in [5.41, 5.74) is 12.4. The summed E-state index contributed by atoms with van der Waals surface area (Å²) in [7, 11) is 0. The Labute approximate surface area is 324 Å². The number of hydrogen-bond acceptors (Lipinski definition) is 2. The van der Waals surface area contributed by atoms with E-state index in [1.165, 1.54) is 81.7 Å². The van der Waals surface area contributed by atoms with Crippen LogP contribution in [0.25, 0.3) is 121 Å². The van der Waals surface area contributed by atoms with Gasteiger partial charge in [-0.2, -0.15) is 0 Å². The molecule has 0 atom stereocenters. The van der Waals surface area contributed by atoms with Crippen LogP contribution in [0.3, 0.4) is 0 Å². The topological polar surface area (TPSA) is 25.8 Å². The first-order valence-corrected chi connectivity index (χ1v) is 19.2. The maximum Gasteiger partial charge on any atom is 0.160 e. The highest BCUT2D eigenvalue weighted by molar-refractivity contribution is 6.22. The molecule has 12 rings (SSSR count). The summed E-state index contributed by atoms with van der Waals surface area (Å²) in [4.78, 5) is 10.7. The van der Waals surface area contributed by atoms with E-state index in [9.17, 15) is 0 Å². The molecular weight excluding hydrogens is 677 g/mol. The molecular formula is C54H32N2. The number of fused-ring (bicyclic) bond motifs is 7. The van der Waals surface area contributed by atoms with Crippen molar-refractivity contribution in [3.63, 3.8) is 0 Å². The molecule has 10 aromatic carbocycles. The van der Waals surface area contributed by atoms with Crippen LogP contribution in [0, 0.1) is 0 Å². The molecule has 0 saturated carbocycles. The Kier molecular flexibility index (Phi) is 6.66. The van der Waals surface area contributed by atoms with Gasteiger partial charge in [0.2, 0.25) is 0 Å². The van der Waals surface area contributed by atoms with E-state index in [2.05, 4.69) is 188 Å². The molecule has 0 unspecified atom stereocenters. The highest BCUT2D eigenvalue weighted by atomic mass is 14.9. The lowest BCUT2D eigenvalue weighted by Crippen LogP contribution is -1.98. The molecule has 2 heteroatoms. The standard InChI is InChI=1S/C54H32N2/c1-2-13-34(14-3-1)54-55-52(51-46-25-11-17-33-18-12-26-47(48(33)46)53(51)56-54)40-20-10-19-38(31-40)49-42-21-6-8-23-44(42)50(45-24-9-7-22-43(45)49)39-28-27-37-29-35-15-4-5-16-36(35)30-41(37)32-39/h1-32H. The number of aromatic nitrogens is 2. The highest BCUT2D eigenvalue weighted by Gasteiger charge is 2.28. The quantitative estimate of drug-likeness (QED) is 0.170. The number of nitrogens with zero attached hydrogens (tertiary/aromatic N) is 2. The van der Waals surface area contributed by atoms with Gasteiger partial charge in [-0.15, -0.1) is 0 Å². The van der Waals surface area contributed by atoms with Crippen molar-refractivity contribution in [2.75, 3.05) is 0 Å². The van der Waals surface area contributed by atoms with Crippen molar-refractivity contribution in [3.8, 4) is 67.3 Å². The molecule has 2 nitrogen and oxygen atoms in total. The maximum atomic E-state index is 5.40. The normalized spacial score (nSPS) is 11.9. The lowest BCUT2D eigenvalue weighted by Gasteiger charge is -2.19. The molecule has 0 amide bonds. The van der Waals surface area contributed by atoms with Crippen molar-refractivity contribution >= 4 is 53.9 Å². The lowest BCUT2D eigenvalue weighted by molar-refractivity contribution is 1.19. The predicted molar refractivity (Wildman–Crippen MR) is 236 cm³/mol. The second kappa shape index (κ2) is 12.0. The summed E-state index contributed by atoms with van der Waals surface area (Å²) < 4.78 is 0. The van der Waals surface area contributed by atoms with Crippen LogP contribution in [0.5, 0.6) is 0 Å². The molecule has 11 aromatic rings. The van der Waals surface area contributed by atoms with E-state index in [1.54, 1.807) is 0 Å². The Balaban J connectivity index is 1.10. The predicted octanol–water partition coefficient (Wildman–Crippen LogP) is 14.6. The molecule has 1 aromatic heterocycles. The molecule has 0 aliphatic heterocycles. The van der Waals surface area contributed by atoms with Crippen LogP contribution in [0.4, 0.5) is 0 Å². The van der Waals surface area contributed by atoms with Gasteiger partial charge in [0.05, 0.1) is 11.4 Å². The van der Waals surface area contributed by atoms with Gasteiger partial charge in [0.15, 0.2) is 5.82 Å². The van der Waals surface area contributed by atoms with Gasteiger partial charge in [-0.1, -0.05) is 170 Å². The van der Waals surface area contributed by atoms with Crippen LogP contribution in [-0.2, 0) is 0 Å². The van der Waals surface area contributed by atoms with Crippen molar-refractivity contribution < 1.29 is 0 Å². The number of hydrogen-bond donors (Lipinski definition) is 0. The van der Waals surface area contributed by atoms with Crippen LogP contribution < -0.4 is 0 Å². The van der Waals surface area contributed by atoms with E-state index < -0.39 is 0 Å². The first-order valence-electron chi connectivity index (χ1n) is 19.2. The third-order valence-corrected chi connectivity index (χ3v) is 11.7. The molecule has 0 radical (unpaired) electrons. The Morgan fingerprint density at radius 1 is 0.268 bits per heavy atom. The second-order valence-corrected chi connectivity index (χ2v) is 14.9. The SMILES string of the molecule is c1ccc(-c2nc(-c3cccc(-c4c5ccccc5c(-c5ccc6cc7ccccc7cc6c5)c5ccccc45)c3)c3c(n2)-c2cccc4cccc-3c24)cc1. The molecule has 258 valence electrons. The lowest BCUT2D eigenvalue weighted by atomic mass is 9.85. The van der Waals surface area contributed by atoms with Crippen molar-refractivity contribution in [1.82, 2.24) is 9.97 Å². The van der Waals surface area contributed by atoms with E-state index in [1.807, 2.05) is 6.07 Å². The molecule has 1 heterocycles. The van der Waals surface area contributed by atoms with Gasteiger partial charge in [-0.05, 0) is 106 Å². The first-order chi connectivity index (χ1) is 27.8. The van der Waals surface area contributed by atoms with E-state index in [4.69, 9.17) is 9.97 Å². The van der Waals surface area contributed by atoms with Crippen LogP contribution in [0.1, 0.15) is 0 Å². The van der Waals surface area contributed by atoms with Crippen molar-refractivity contribution in [2.24, 2.45) is 0 Å². The molecule has 0 spiro atoms. The third-order valence-electron chi connectivity index (χ3n) is 11.7. The fourth-order valence-electron chi connectivity index (χ4n) is 9.25. The van der Waals surface area contributed by atoms with E-state index >= 15 is 0 Å². The van der Waals surface area contributed by atoms with Gasteiger partial charge in [0.25, 0.3) is 0 Å². The average Bonchev–Trinajstić information content (AvgIpc) is 3.59. The first kappa shape index (κ1) is 31.0. The molecule has 56 heavy (non-hydrogen) atoms. The smallest absolute Gasteiger partial charge is 0.160 e. The van der Waals surface area contributed by atoms with Crippen molar-refractivity contribution in [1.29, 1.82) is 0 Å². The largest absolute Gasteiger partial charge is 0.227 e. The Morgan fingerprint density at radius 2 is 0.768 bits per heavy atom. The van der Waals surface area contributed by atoms with E-state index in [0.29, 0.717) is 0 Å². The minimum absolute atomic E-state index is 0.734. The Morgan fingerprint density at radius 3 is 1.46 bits per heavy atom. The van der Waals surface area contributed by atoms with Gasteiger partial charge in [-0.25, -0.2) is 9.97 Å². The van der Waals surface area contributed by atoms with Crippen LogP contribution in [0.15, 0.2) is 194 Å². The third kappa shape index (κ3) is 4.63. The van der Waals surface area contributed by atoms with Gasteiger partial charge >= 0.3 is 0 Å². The zero-order valence-corrected chi connectivity index (χ0v) is 30.4. The summed E-state index contributed by atoms with van der Waals surface area (Å²) in [6.45, 7) is 0. The fraction of sp³-hybridized carbons (Fsp3) is 0. The molecule has 0 N–H and O–H groups in total. The summed E-state index contributed by atoms with van der Waals surface area (Å²) in [5, 5.41) is 12.4. The summed E-state index contributed by atoms with van der Waals surface area (Å²) in [5.74, 6) is 0.734. The molecule has 0 saturated heterocycles. The number of benzene rings is 10. The van der Waals surface area contributed by atoms with Gasteiger partial charge in [0.1, 0.15) is 0 Å². The van der Waals surface area contributed by atoms with E-state index in [0.717, 1.165) is 39.5 Å². The van der Waals surface area contributed by atoms with E-state index in [-0.39, 0.29) is 0 Å². The Bertz CT molecular complexity index is 3350. The fourth-order valence-corrected chi connectivity index (χ4v) is 9.25. The molecule has 1 aliphatic carbocycles. The number of rotatable bonds is 4. The minimum Gasteiger partial charge on any atom is -0.227 e. The van der Waals surface area contributed by atoms with Crippen LogP contribution >= 0.6 is 0 Å². The molecule has 0 fully saturated rings. The summed E-state index contributed by atoms with van der Waals surface area (Å²) in [6.07, 6.45) is 0. The van der Waals surface area contributed by atoms with Crippen LogP contribution in [-0.4, -0.2) is 9.97 Å². The van der Waals surface area contributed by atoms with Gasteiger partial charge in [-0.3, -0.25) is 0 Å². The Hall–Kier alpha value is -7.42. The van der Waals surface area contributed by atoms with Gasteiger partial charge < -0.3 is 0 Å². The van der Waals surface area contributed by atoms with Crippen LogP contribution in [0.2, 0.25) is 0 Å². The zero-order valence-electron chi connectivity index (χ0n) is 30.4. The van der Waals surface area contributed by atoms with Gasteiger partial charge in [0, 0.05) is 22.3 Å². The maximum absolute atomic E-state index is 5.40. The van der Waals surface area contributed by atoms with Crippen molar-refractivity contribution in [2.45, 2.75) is 0 Å². The molecule has 1 aliphatic rings. The zero-order chi connectivity index (χ0) is 36.7. The summed E-state index contributed by atoms with van der Waals surface area (Å²) in [6, 6.07) is 70.5. The molecule has 0 bridgehead atoms. The minimum atomic E-state index is 0.734. The monoisotopic (exact) mass is 708 g/mol. The van der Waals surface area contributed by atoms with Crippen molar-refractivity contribution in [3.05, 3.63) is 194 Å². The average molecular weight is 709 g/mol. The highest BCUT2D eigenvalue weighted by Crippen LogP contribution is 2.51.